The molecule has 0 aromatic carbocycles. The Morgan fingerprint density at radius 2 is 1.23 bits per heavy atom. The molecule has 0 N–H and O–H groups in total. The third-order valence-corrected chi connectivity index (χ3v) is 3.63. The summed E-state index contributed by atoms with van der Waals surface area (Å²) >= 11 is 0. The first kappa shape index (κ1) is 25.3. The molecule has 2 rings (SSSR count). The van der Waals surface area contributed by atoms with Crippen LogP contribution in [0.2, 0.25) is 0 Å². The second kappa shape index (κ2) is 12.7. The lowest BCUT2D eigenvalue weighted by Crippen LogP contribution is -2.10. The molecule has 31 heavy (non-hydrogen) atoms. The molecule has 0 radical (unpaired) electrons. The van der Waals surface area contributed by atoms with Gasteiger partial charge in [0, 0.05) is 23.5 Å². The van der Waals surface area contributed by atoms with Crippen LogP contribution in [0.25, 0.3) is 0 Å². The van der Waals surface area contributed by atoms with E-state index in [1.807, 2.05) is 0 Å². The molecule has 0 atom stereocenters. The first-order valence-electron chi connectivity index (χ1n) is 9.49. The Morgan fingerprint density at radius 3 is 1.65 bits per heavy atom. The van der Waals surface area contributed by atoms with Crippen LogP contribution in [0, 0.1) is 0 Å². The molecule has 0 saturated carbocycles. The Morgan fingerprint density at radius 1 is 0.774 bits per heavy atom. The minimum Gasteiger partial charge on any atom is -0.461 e. The van der Waals surface area contributed by atoms with Gasteiger partial charge in [0.25, 0.3) is 0 Å². The van der Waals surface area contributed by atoms with Crippen LogP contribution >= 0.6 is 0 Å². The van der Waals surface area contributed by atoms with Crippen molar-refractivity contribution in [1.82, 2.24) is 9.97 Å². The van der Waals surface area contributed by atoms with Crippen LogP contribution in [0.15, 0.2) is 36.7 Å². The number of nitrogens with zero attached hydrogens (tertiary/aromatic N) is 2. The predicted molar refractivity (Wildman–Crippen MR) is 110 cm³/mol. The van der Waals surface area contributed by atoms with Gasteiger partial charge in [0.15, 0.2) is 11.6 Å². The quantitative estimate of drug-likeness (QED) is 0.354. The lowest BCUT2D eigenvalue weighted by atomic mass is 10.1. The number of carbonyl (C=O) groups excluding carboxylic acids is 5. The molecule has 0 fully saturated rings. The molecule has 0 bridgehead atoms. The molecule has 0 spiro atoms. The normalized spacial score (nSPS) is 9.68. The highest BCUT2D eigenvalue weighted by Crippen LogP contribution is 2.07. The molecular formula is C22H24N2O7. The lowest BCUT2D eigenvalue weighted by Gasteiger charge is -2.02. The van der Waals surface area contributed by atoms with Gasteiger partial charge < -0.3 is 9.47 Å². The Kier molecular flexibility index (Phi) is 10.4. The van der Waals surface area contributed by atoms with Gasteiger partial charge in [-0.2, -0.15) is 0 Å². The van der Waals surface area contributed by atoms with E-state index in [9.17, 15) is 24.0 Å². The fourth-order valence-corrected chi connectivity index (χ4v) is 2.22. The van der Waals surface area contributed by atoms with Crippen LogP contribution in [0.3, 0.4) is 0 Å². The molecule has 2 aromatic rings. The van der Waals surface area contributed by atoms with Crippen LogP contribution in [-0.4, -0.2) is 52.5 Å². The topological polar surface area (TPSA) is 130 Å². The summed E-state index contributed by atoms with van der Waals surface area (Å²) in [6.45, 7) is 6.71. The molecular weight excluding hydrogens is 404 g/mol. The zero-order chi connectivity index (χ0) is 23.4. The van der Waals surface area contributed by atoms with Crippen LogP contribution in [-0.2, 0) is 14.3 Å². The van der Waals surface area contributed by atoms with Crippen molar-refractivity contribution in [1.29, 1.82) is 0 Å². The molecule has 0 aliphatic rings. The maximum Gasteiger partial charge on any atom is 0.356 e. The van der Waals surface area contributed by atoms with E-state index >= 15 is 0 Å². The number of hydrogen-bond donors (Lipinski definition) is 0. The van der Waals surface area contributed by atoms with Gasteiger partial charge in [0.1, 0.15) is 17.2 Å². The highest BCUT2D eigenvalue weighted by Gasteiger charge is 2.13. The standard InChI is InChI=1S/C12H13NO4.C10H11NO3/c1-3-17-12(16)10-7-9(4-5-13-10)11(15)6-8(2)14;1-3-14-10(13)9-6-8(7(2)12)4-5-11-9/h4-5,7H,3,6H2,1-2H3;4-6H,3H2,1-2H3. The van der Waals surface area contributed by atoms with Crippen molar-refractivity contribution in [2.75, 3.05) is 13.2 Å². The summed E-state index contributed by atoms with van der Waals surface area (Å²) in [5.41, 5.74) is 0.988. The summed E-state index contributed by atoms with van der Waals surface area (Å²) in [5.74, 6) is -1.73. The van der Waals surface area contributed by atoms with Gasteiger partial charge >= 0.3 is 11.9 Å². The molecule has 0 aliphatic carbocycles. The van der Waals surface area contributed by atoms with E-state index in [1.54, 1.807) is 19.9 Å². The monoisotopic (exact) mass is 428 g/mol. The third-order valence-electron chi connectivity index (χ3n) is 3.63. The van der Waals surface area contributed by atoms with Crippen molar-refractivity contribution in [3.63, 3.8) is 0 Å². The van der Waals surface area contributed by atoms with Crippen LogP contribution < -0.4 is 0 Å². The molecule has 164 valence electrons. The number of carbonyl (C=O) groups is 5. The second-order valence-electron chi connectivity index (χ2n) is 6.16. The number of hydrogen-bond acceptors (Lipinski definition) is 9. The van der Waals surface area contributed by atoms with E-state index in [2.05, 4.69) is 9.97 Å². The Labute approximate surface area is 179 Å². The average molecular weight is 428 g/mol. The van der Waals surface area contributed by atoms with E-state index in [0.29, 0.717) is 17.7 Å². The zero-order valence-electron chi connectivity index (χ0n) is 17.8. The van der Waals surface area contributed by atoms with Crippen LogP contribution in [0.4, 0.5) is 0 Å². The van der Waals surface area contributed by atoms with E-state index in [1.165, 1.54) is 44.4 Å². The first-order valence-corrected chi connectivity index (χ1v) is 9.49. The van der Waals surface area contributed by atoms with E-state index in [-0.39, 0.29) is 41.8 Å². The maximum absolute atomic E-state index is 11.6. The zero-order valence-corrected chi connectivity index (χ0v) is 17.8. The van der Waals surface area contributed by atoms with Crippen molar-refractivity contribution < 1.29 is 33.4 Å². The summed E-state index contributed by atoms with van der Waals surface area (Å²) in [5, 5.41) is 0. The minimum atomic E-state index is -0.579. The molecule has 2 aromatic heterocycles. The SMILES string of the molecule is CCOC(=O)c1cc(C(=O)CC(C)=O)ccn1.CCOC(=O)c1cc(C(C)=O)ccn1. The van der Waals surface area contributed by atoms with Gasteiger partial charge in [-0.25, -0.2) is 19.6 Å². The summed E-state index contributed by atoms with van der Waals surface area (Å²) in [6.07, 6.45) is 2.59. The van der Waals surface area contributed by atoms with Crippen molar-refractivity contribution >= 4 is 29.3 Å². The number of pyridine rings is 2. The number of ether oxygens (including phenoxy) is 2. The van der Waals surface area contributed by atoms with Gasteiger partial charge in [-0.1, -0.05) is 0 Å². The average Bonchev–Trinajstić information content (AvgIpc) is 2.74. The fourth-order valence-electron chi connectivity index (χ4n) is 2.22. The van der Waals surface area contributed by atoms with Gasteiger partial charge in [-0.15, -0.1) is 0 Å². The molecule has 9 heteroatoms. The van der Waals surface area contributed by atoms with E-state index < -0.39 is 11.9 Å². The van der Waals surface area contributed by atoms with Crippen molar-refractivity contribution in [3.05, 3.63) is 59.2 Å². The summed E-state index contributed by atoms with van der Waals surface area (Å²) < 4.78 is 9.51. The predicted octanol–water partition coefficient (Wildman–Crippen LogP) is 2.88. The van der Waals surface area contributed by atoms with Crippen LogP contribution in [0.5, 0.6) is 0 Å². The Bertz CT molecular complexity index is 970. The lowest BCUT2D eigenvalue weighted by molar-refractivity contribution is -0.116. The van der Waals surface area contributed by atoms with Crippen molar-refractivity contribution in [3.8, 4) is 0 Å². The molecule has 0 unspecified atom stereocenters. The van der Waals surface area contributed by atoms with Gasteiger partial charge in [0.05, 0.1) is 19.6 Å². The Balaban J connectivity index is 0.000000316. The smallest absolute Gasteiger partial charge is 0.356 e. The van der Waals surface area contributed by atoms with Crippen molar-refractivity contribution in [2.24, 2.45) is 0 Å². The summed E-state index contributed by atoms with van der Waals surface area (Å²) in [7, 11) is 0. The fraction of sp³-hybridized carbons (Fsp3) is 0.318. The van der Waals surface area contributed by atoms with E-state index in [0.717, 1.165) is 0 Å². The highest BCUT2D eigenvalue weighted by atomic mass is 16.5. The number of ketones is 3. The number of rotatable bonds is 8. The molecule has 0 saturated heterocycles. The van der Waals surface area contributed by atoms with Crippen LogP contribution in [0.1, 0.15) is 75.8 Å². The minimum absolute atomic E-state index is 0.0706. The molecule has 0 aliphatic heterocycles. The van der Waals surface area contributed by atoms with Crippen molar-refractivity contribution in [2.45, 2.75) is 34.1 Å². The number of esters is 2. The second-order valence-corrected chi connectivity index (χ2v) is 6.16. The molecule has 9 nitrogen and oxygen atoms in total. The largest absolute Gasteiger partial charge is 0.461 e. The summed E-state index contributed by atoms with van der Waals surface area (Å²) in [4.78, 5) is 63.6. The van der Waals surface area contributed by atoms with Gasteiger partial charge in [0.2, 0.25) is 0 Å². The third kappa shape index (κ3) is 8.65. The molecule has 0 amide bonds. The Hall–Kier alpha value is -3.75. The van der Waals surface area contributed by atoms with E-state index in [4.69, 9.17) is 9.47 Å². The number of aromatic nitrogens is 2. The molecule has 2 heterocycles. The first-order chi connectivity index (χ1) is 14.7. The summed E-state index contributed by atoms with van der Waals surface area (Å²) in [6, 6.07) is 5.79. The number of Topliss-reactive ketones (excluding diaryl/α,β-unsaturated/α-hetero) is 3. The maximum atomic E-state index is 11.6. The van der Waals surface area contributed by atoms with Gasteiger partial charge in [-0.05, 0) is 52.0 Å². The van der Waals surface area contributed by atoms with Gasteiger partial charge in [-0.3, -0.25) is 14.4 Å². The highest BCUT2D eigenvalue weighted by molar-refractivity contribution is 6.08.